The minimum Gasteiger partial charge on any atom is -0.452 e. The van der Waals surface area contributed by atoms with Crippen LogP contribution in [-0.2, 0) is 24.3 Å². The molecule has 1 heterocycles. The number of carbonyl (C=O) groups excluding carboxylic acids is 2. The van der Waals surface area contributed by atoms with Crippen molar-refractivity contribution in [3.05, 3.63) is 28.2 Å². The Morgan fingerprint density at radius 1 is 1.30 bits per heavy atom. The van der Waals surface area contributed by atoms with Crippen LogP contribution in [-0.4, -0.2) is 57.5 Å². The number of nitrogens with zero attached hydrogens (tertiary/aromatic N) is 1. The average molecular weight is 407 g/mol. The second kappa shape index (κ2) is 7.39. The zero-order chi connectivity index (χ0) is 17.0. The standard InChI is InChI=1S/C13H15BrN2O6S/c14-11-2-1-9(7-10(11)13(18)22-8-12(15)17)23(19,20)16-3-5-21-6-4-16/h1-2,7H,3-6,8H2,(H2,15,17). The molecule has 0 aliphatic carbocycles. The van der Waals surface area contributed by atoms with Crippen LogP contribution in [0.25, 0.3) is 0 Å². The second-order valence-corrected chi connectivity index (χ2v) is 7.49. The molecule has 23 heavy (non-hydrogen) atoms. The summed E-state index contributed by atoms with van der Waals surface area (Å²) in [5.41, 5.74) is 4.91. The zero-order valence-corrected chi connectivity index (χ0v) is 14.4. The van der Waals surface area contributed by atoms with E-state index < -0.39 is 28.5 Å². The third-order valence-corrected chi connectivity index (χ3v) is 5.70. The molecule has 2 N–H and O–H groups in total. The zero-order valence-electron chi connectivity index (χ0n) is 12.0. The van der Waals surface area contributed by atoms with Gasteiger partial charge in [-0.3, -0.25) is 4.79 Å². The van der Waals surface area contributed by atoms with Gasteiger partial charge in [0.1, 0.15) is 0 Å². The first kappa shape index (κ1) is 17.9. The molecule has 0 unspecified atom stereocenters. The molecule has 1 aromatic carbocycles. The number of morpholine rings is 1. The van der Waals surface area contributed by atoms with Crippen LogP contribution < -0.4 is 5.73 Å². The van der Waals surface area contributed by atoms with Gasteiger partial charge in [0.05, 0.1) is 23.7 Å². The molecule has 8 nitrogen and oxygen atoms in total. The molecule has 1 amide bonds. The van der Waals surface area contributed by atoms with Crippen LogP contribution in [0, 0.1) is 0 Å². The molecule has 2 rings (SSSR count). The van der Waals surface area contributed by atoms with E-state index in [4.69, 9.17) is 15.2 Å². The summed E-state index contributed by atoms with van der Waals surface area (Å²) in [5, 5.41) is 0. The average Bonchev–Trinajstić information content (AvgIpc) is 2.53. The Kier molecular flexibility index (Phi) is 5.74. The highest BCUT2D eigenvalue weighted by atomic mass is 79.9. The normalized spacial score (nSPS) is 16.0. The fourth-order valence-electron chi connectivity index (χ4n) is 1.97. The van der Waals surface area contributed by atoms with E-state index in [0.29, 0.717) is 17.7 Å². The van der Waals surface area contributed by atoms with Crippen LogP contribution in [0.15, 0.2) is 27.6 Å². The van der Waals surface area contributed by atoms with E-state index in [1.165, 1.54) is 22.5 Å². The molecule has 0 atom stereocenters. The number of hydrogen-bond acceptors (Lipinski definition) is 6. The molecule has 0 bridgehead atoms. The Bertz CT molecular complexity index is 715. The van der Waals surface area contributed by atoms with Crippen molar-refractivity contribution in [1.82, 2.24) is 4.31 Å². The Morgan fingerprint density at radius 3 is 2.57 bits per heavy atom. The van der Waals surface area contributed by atoms with Gasteiger partial charge in [0.15, 0.2) is 6.61 Å². The molecular weight excluding hydrogens is 392 g/mol. The molecule has 126 valence electrons. The van der Waals surface area contributed by atoms with Crippen LogP contribution in [0.2, 0.25) is 0 Å². The summed E-state index contributed by atoms with van der Waals surface area (Å²) < 4.78 is 36.6. The number of rotatable bonds is 5. The van der Waals surface area contributed by atoms with Gasteiger partial charge in [-0.2, -0.15) is 4.31 Å². The number of primary amides is 1. The molecule has 0 aromatic heterocycles. The number of benzene rings is 1. The van der Waals surface area contributed by atoms with Gasteiger partial charge in [-0.25, -0.2) is 13.2 Å². The second-order valence-electron chi connectivity index (χ2n) is 4.70. The van der Waals surface area contributed by atoms with E-state index in [0.717, 1.165) is 0 Å². The largest absolute Gasteiger partial charge is 0.452 e. The summed E-state index contributed by atoms with van der Waals surface area (Å²) in [6, 6.07) is 4.03. The van der Waals surface area contributed by atoms with E-state index in [1.807, 2.05) is 0 Å². The van der Waals surface area contributed by atoms with Crippen molar-refractivity contribution in [3.63, 3.8) is 0 Å². The maximum absolute atomic E-state index is 12.6. The van der Waals surface area contributed by atoms with Gasteiger partial charge >= 0.3 is 5.97 Å². The minimum atomic E-state index is -3.73. The molecule has 10 heteroatoms. The van der Waals surface area contributed by atoms with E-state index in [2.05, 4.69) is 15.9 Å². The Hall–Kier alpha value is -1.49. The Morgan fingerprint density at radius 2 is 1.96 bits per heavy atom. The number of esters is 1. The van der Waals surface area contributed by atoms with Crippen LogP contribution in [0.5, 0.6) is 0 Å². The number of amides is 1. The molecular formula is C13H15BrN2O6S. The van der Waals surface area contributed by atoms with Gasteiger partial charge in [-0.05, 0) is 34.1 Å². The third-order valence-electron chi connectivity index (χ3n) is 3.11. The van der Waals surface area contributed by atoms with Gasteiger partial charge in [0.25, 0.3) is 5.91 Å². The summed E-state index contributed by atoms with van der Waals surface area (Å²) in [7, 11) is -3.73. The highest BCUT2D eigenvalue weighted by molar-refractivity contribution is 9.10. The van der Waals surface area contributed by atoms with E-state index >= 15 is 0 Å². The van der Waals surface area contributed by atoms with Crippen molar-refractivity contribution >= 4 is 37.8 Å². The van der Waals surface area contributed by atoms with Crippen molar-refractivity contribution in [1.29, 1.82) is 0 Å². The van der Waals surface area contributed by atoms with E-state index in [1.54, 1.807) is 0 Å². The molecule has 1 fully saturated rings. The third kappa shape index (κ3) is 4.28. The predicted octanol–water partition coefficient (Wildman–Crippen LogP) is 0.112. The van der Waals surface area contributed by atoms with Crippen molar-refractivity contribution in [2.75, 3.05) is 32.9 Å². The number of carbonyl (C=O) groups is 2. The fraction of sp³-hybridized carbons (Fsp3) is 0.385. The number of nitrogens with two attached hydrogens (primary N) is 1. The Balaban J connectivity index is 2.28. The number of sulfonamides is 1. The predicted molar refractivity (Wildman–Crippen MR) is 83.2 cm³/mol. The molecule has 0 radical (unpaired) electrons. The minimum absolute atomic E-state index is 0.000541. The van der Waals surface area contributed by atoms with Gasteiger partial charge < -0.3 is 15.2 Å². The molecule has 1 aliphatic rings. The van der Waals surface area contributed by atoms with Gasteiger partial charge in [0.2, 0.25) is 10.0 Å². The van der Waals surface area contributed by atoms with Crippen LogP contribution >= 0.6 is 15.9 Å². The summed E-state index contributed by atoms with van der Waals surface area (Å²) in [4.78, 5) is 22.6. The SMILES string of the molecule is NC(=O)COC(=O)c1cc(S(=O)(=O)N2CCOCC2)ccc1Br. The molecule has 1 saturated heterocycles. The van der Waals surface area contributed by atoms with E-state index in [-0.39, 0.29) is 23.5 Å². The fourth-order valence-corrected chi connectivity index (χ4v) is 3.81. The van der Waals surface area contributed by atoms with Crippen LogP contribution in [0.4, 0.5) is 0 Å². The van der Waals surface area contributed by atoms with Crippen LogP contribution in [0.3, 0.4) is 0 Å². The summed E-state index contributed by atoms with van der Waals surface area (Å²) in [5.74, 6) is -1.64. The number of halogens is 1. The topological polar surface area (TPSA) is 116 Å². The smallest absolute Gasteiger partial charge is 0.339 e. The quantitative estimate of drug-likeness (QED) is 0.693. The van der Waals surface area contributed by atoms with Crippen molar-refractivity contribution < 1.29 is 27.5 Å². The van der Waals surface area contributed by atoms with Crippen molar-refractivity contribution in [3.8, 4) is 0 Å². The summed E-state index contributed by atoms with van der Waals surface area (Å²) in [6.07, 6.45) is 0. The molecule has 1 aromatic rings. The molecule has 0 spiro atoms. The molecule has 1 aliphatic heterocycles. The lowest BCUT2D eigenvalue weighted by atomic mass is 10.2. The highest BCUT2D eigenvalue weighted by Crippen LogP contribution is 2.24. The first-order valence-electron chi connectivity index (χ1n) is 6.65. The first-order valence-corrected chi connectivity index (χ1v) is 8.88. The molecule has 0 saturated carbocycles. The summed E-state index contributed by atoms with van der Waals surface area (Å²) >= 11 is 3.16. The maximum Gasteiger partial charge on any atom is 0.339 e. The van der Waals surface area contributed by atoms with Gasteiger partial charge in [-0.15, -0.1) is 0 Å². The number of ether oxygens (including phenoxy) is 2. The van der Waals surface area contributed by atoms with Crippen molar-refractivity contribution in [2.24, 2.45) is 5.73 Å². The Labute approximate surface area is 141 Å². The van der Waals surface area contributed by atoms with Gasteiger partial charge in [-0.1, -0.05) is 0 Å². The number of hydrogen-bond donors (Lipinski definition) is 1. The lowest BCUT2D eigenvalue weighted by molar-refractivity contribution is -0.121. The lowest BCUT2D eigenvalue weighted by Crippen LogP contribution is -2.40. The monoisotopic (exact) mass is 406 g/mol. The van der Waals surface area contributed by atoms with Crippen LogP contribution in [0.1, 0.15) is 10.4 Å². The first-order chi connectivity index (χ1) is 10.8. The summed E-state index contributed by atoms with van der Waals surface area (Å²) in [6.45, 7) is 0.567. The lowest BCUT2D eigenvalue weighted by Gasteiger charge is -2.26. The van der Waals surface area contributed by atoms with E-state index in [9.17, 15) is 18.0 Å². The maximum atomic E-state index is 12.6. The van der Waals surface area contributed by atoms with Crippen molar-refractivity contribution in [2.45, 2.75) is 4.90 Å². The van der Waals surface area contributed by atoms with Gasteiger partial charge in [0, 0.05) is 17.6 Å². The highest BCUT2D eigenvalue weighted by Gasteiger charge is 2.27.